The number of nitrogens with one attached hydrogen (secondary N) is 1. The van der Waals surface area contributed by atoms with Gasteiger partial charge in [-0.25, -0.2) is 4.98 Å². The van der Waals surface area contributed by atoms with E-state index in [2.05, 4.69) is 10.3 Å². The predicted molar refractivity (Wildman–Crippen MR) is 115 cm³/mol. The Morgan fingerprint density at radius 3 is 2.84 bits per heavy atom. The second kappa shape index (κ2) is 8.91. The summed E-state index contributed by atoms with van der Waals surface area (Å²) in [6, 6.07) is 7.07. The van der Waals surface area contributed by atoms with E-state index < -0.39 is 5.91 Å². The van der Waals surface area contributed by atoms with Crippen LogP contribution in [0, 0.1) is 5.92 Å². The zero-order chi connectivity index (χ0) is 22.0. The number of hydrogen-bond donors (Lipinski definition) is 1. The number of carbonyl (C=O) groups excluding carboxylic acids is 2. The molecule has 2 aromatic heterocycles. The normalized spacial score (nSPS) is 19.5. The Kier molecular flexibility index (Phi) is 6.06. The summed E-state index contributed by atoms with van der Waals surface area (Å²) in [5.74, 6) is 0.594. The van der Waals surface area contributed by atoms with Crippen LogP contribution >= 0.6 is 0 Å². The Balaban J connectivity index is 1.52. The van der Waals surface area contributed by atoms with Crippen molar-refractivity contribution < 1.29 is 14.3 Å². The largest absolute Gasteiger partial charge is 0.481 e. The summed E-state index contributed by atoms with van der Waals surface area (Å²) in [4.78, 5) is 44.3. The Labute approximate surface area is 181 Å². The summed E-state index contributed by atoms with van der Waals surface area (Å²) >= 11 is 0. The molecule has 2 aliphatic rings. The molecule has 0 unspecified atom stereocenters. The average Bonchev–Trinajstić information content (AvgIpc) is 2.78. The second-order valence-electron chi connectivity index (χ2n) is 8.29. The van der Waals surface area contributed by atoms with Crippen LogP contribution in [-0.4, -0.2) is 46.5 Å². The number of methoxy groups -OCH3 is 1. The van der Waals surface area contributed by atoms with Crippen LogP contribution in [0.4, 0.5) is 0 Å². The third-order valence-corrected chi connectivity index (χ3v) is 6.15. The Morgan fingerprint density at radius 1 is 1.23 bits per heavy atom. The predicted octanol–water partition coefficient (Wildman–Crippen LogP) is 1.93. The van der Waals surface area contributed by atoms with E-state index in [4.69, 9.17) is 4.74 Å². The van der Waals surface area contributed by atoms with Crippen molar-refractivity contribution in [2.24, 2.45) is 5.92 Å². The maximum absolute atomic E-state index is 13.1. The Bertz CT molecular complexity index is 1050. The molecule has 2 amide bonds. The lowest BCUT2D eigenvalue weighted by Gasteiger charge is -2.43. The van der Waals surface area contributed by atoms with Gasteiger partial charge in [-0.1, -0.05) is 13.0 Å². The Hall–Kier alpha value is -3.16. The zero-order valence-electron chi connectivity index (χ0n) is 18.0. The molecule has 0 aromatic carbocycles. The van der Waals surface area contributed by atoms with E-state index in [9.17, 15) is 14.4 Å². The van der Waals surface area contributed by atoms with Crippen molar-refractivity contribution in [1.29, 1.82) is 0 Å². The van der Waals surface area contributed by atoms with Gasteiger partial charge in [0.25, 0.3) is 11.5 Å². The minimum atomic E-state index is -0.415. The number of aromatic nitrogens is 2. The lowest BCUT2D eigenvalue weighted by molar-refractivity contribution is -0.134. The third-order valence-electron chi connectivity index (χ3n) is 6.15. The summed E-state index contributed by atoms with van der Waals surface area (Å²) in [5, 5.41) is 2.80. The van der Waals surface area contributed by atoms with Crippen molar-refractivity contribution in [2.45, 2.75) is 45.2 Å². The smallest absolute Gasteiger partial charge is 0.263 e. The van der Waals surface area contributed by atoms with Crippen LogP contribution in [0.2, 0.25) is 0 Å². The van der Waals surface area contributed by atoms with E-state index in [0.717, 1.165) is 24.1 Å². The van der Waals surface area contributed by atoms with Crippen LogP contribution in [0.15, 0.2) is 35.3 Å². The molecule has 2 aromatic rings. The van der Waals surface area contributed by atoms with Gasteiger partial charge in [-0.3, -0.25) is 14.4 Å². The number of piperidine rings is 1. The minimum absolute atomic E-state index is 0.130. The number of carbonyl (C=O) groups is 2. The molecule has 0 spiro atoms. The highest BCUT2D eigenvalue weighted by atomic mass is 16.5. The molecule has 2 atom stereocenters. The van der Waals surface area contributed by atoms with Crippen molar-refractivity contribution >= 4 is 11.8 Å². The maximum Gasteiger partial charge on any atom is 0.263 e. The van der Waals surface area contributed by atoms with Crippen molar-refractivity contribution in [3.63, 3.8) is 0 Å². The van der Waals surface area contributed by atoms with Crippen molar-refractivity contribution in [1.82, 2.24) is 19.8 Å². The van der Waals surface area contributed by atoms with Crippen molar-refractivity contribution in [2.75, 3.05) is 20.2 Å². The molecule has 31 heavy (non-hydrogen) atoms. The van der Waals surface area contributed by atoms with Crippen LogP contribution in [0.1, 0.15) is 53.7 Å². The molecule has 1 N–H and O–H groups in total. The van der Waals surface area contributed by atoms with E-state index in [1.54, 1.807) is 22.9 Å². The molecular formula is C23H28N4O4. The molecule has 2 aliphatic heterocycles. The van der Waals surface area contributed by atoms with Crippen molar-refractivity contribution in [3.8, 4) is 5.88 Å². The van der Waals surface area contributed by atoms with E-state index in [1.807, 2.05) is 24.0 Å². The molecule has 1 fully saturated rings. The first-order valence-corrected chi connectivity index (χ1v) is 10.8. The zero-order valence-corrected chi connectivity index (χ0v) is 18.0. The fraction of sp³-hybridized carbons (Fsp3) is 0.478. The monoisotopic (exact) mass is 424 g/mol. The van der Waals surface area contributed by atoms with Gasteiger partial charge in [0.2, 0.25) is 11.8 Å². The minimum Gasteiger partial charge on any atom is -0.481 e. The molecule has 164 valence electrons. The first-order valence-electron chi connectivity index (χ1n) is 10.8. The molecule has 1 saturated heterocycles. The number of rotatable bonds is 6. The lowest BCUT2D eigenvalue weighted by atomic mass is 9.82. The summed E-state index contributed by atoms with van der Waals surface area (Å²) in [6.45, 7) is 4.09. The van der Waals surface area contributed by atoms with Crippen LogP contribution in [0.25, 0.3) is 0 Å². The number of hydrogen-bond acceptors (Lipinski definition) is 5. The lowest BCUT2D eigenvalue weighted by Crippen LogP contribution is -2.49. The van der Waals surface area contributed by atoms with Gasteiger partial charge in [0, 0.05) is 56.0 Å². The van der Waals surface area contributed by atoms with Gasteiger partial charge in [-0.2, -0.15) is 0 Å². The van der Waals surface area contributed by atoms with E-state index in [0.29, 0.717) is 31.9 Å². The van der Waals surface area contributed by atoms with Gasteiger partial charge >= 0.3 is 0 Å². The summed E-state index contributed by atoms with van der Waals surface area (Å²) in [7, 11) is 1.53. The SMILES string of the molecule is CCCC(=O)N1C[C@@H]2C[C@H](C1)c1ccc(C(=O)NCc3cccnc3OC)c(=O)n1C2. The highest BCUT2D eigenvalue weighted by Crippen LogP contribution is 2.35. The van der Waals surface area contributed by atoms with Crippen LogP contribution in [0.5, 0.6) is 5.88 Å². The van der Waals surface area contributed by atoms with Gasteiger partial charge in [0.15, 0.2) is 0 Å². The maximum atomic E-state index is 13.1. The van der Waals surface area contributed by atoms with Crippen LogP contribution in [-0.2, 0) is 17.9 Å². The van der Waals surface area contributed by atoms with E-state index >= 15 is 0 Å². The van der Waals surface area contributed by atoms with Gasteiger partial charge in [-0.05, 0) is 37.0 Å². The van der Waals surface area contributed by atoms with Crippen molar-refractivity contribution in [3.05, 3.63) is 57.6 Å². The Morgan fingerprint density at radius 2 is 2.06 bits per heavy atom. The number of amides is 2. The highest BCUT2D eigenvalue weighted by molar-refractivity contribution is 5.93. The molecule has 2 bridgehead atoms. The number of nitrogens with zero attached hydrogens (tertiary/aromatic N) is 3. The number of likely N-dealkylation sites (tertiary alicyclic amines) is 1. The molecule has 4 rings (SSSR count). The fourth-order valence-electron chi connectivity index (χ4n) is 4.71. The fourth-order valence-corrected chi connectivity index (χ4v) is 4.71. The van der Waals surface area contributed by atoms with Crippen LogP contribution < -0.4 is 15.6 Å². The quantitative estimate of drug-likeness (QED) is 0.765. The topological polar surface area (TPSA) is 93.5 Å². The molecule has 8 nitrogen and oxygen atoms in total. The van der Waals surface area contributed by atoms with Gasteiger partial charge in [0.05, 0.1) is 7.11 Å². The first-order chi connectivity index (χ1) is 15.0. The summed E-state index contributed by atoms with van der Waals surface area (Å²) in [6.07, 6.45) is 3.99. The average molecular weight is 425 g/mol. The summed E-state index contributed by atoms with van der Waals surface area (Å²) in [5.41, 5.74) is 1.52. The number of pyridine rings is 2. The van der Waals surface area contributed by atoms with Gasteiger partial charge in [0.1, 0.15) is 5.56 Å². The molecular weight excluding hydrogens is 396 g/mol. The molecule has 0 saturated carbocycles. The molecule has 0 radical (unpaired) electrons. The standard InChI is InChI=1S/C23H28N4O4/c1-3-5-20(28)26-12-15-10-17(14-26)19-8-7-18(23(30)27(19)13-15)21(29)25-11-16-6-4-9-24-22(16)31-2/h4,6-9,15,17H,3,5,10-14H2,1-2H3,(H,25,29)/t15-,17+/m0/s1. The first kappa shape index (κ1) is 21.1. The summed E-state index contributed by atoms with van der Waals surface area (Å²) < 4.78 is 6.94. The highest BCUT2D eigenvalue weighted by Gasteiger charge is 2.36. The third kappa shape index (κ3) is 4.19. The molecule has 4 heterocycles. The van der Waals surface area contributed by atoms with Gasteiger partial charge in [-0.15, -0.1) is 0 Å². The molecule has 0 aliphatic carbocycles. The van der Waals surface area contributed by atoms with Crippen LogP contribution in [0.3, 0.4) is 0 Å². The van der Waals surface area contributed by atoms with E-state index in [1.165, 1.54) is 7.11 Å². The number of ether oxygens (including phenoxy) is 1. The second-order valence-corrected chi connectivity index (χ2v) is 8.29. The number of fused-ring (bicyclic) bond motifs is 4. The van der Waals surface area contributed by atoms with E-state index in [-0.39, 0.29) is 35.4 Å². The molecule has 8 heteroatoms. The van der Waals surface area contributed by atoms with Gasteiger partial charge < -0.3 is 19.5 Å².